The fraction of sp³-hybridized carbons (Fsp3) is 0.0909. The molecule has 1 aromatic heterocycles. The number of nitrogens with one attached hydrogen (secondary N) is 1. The van der Waals surface area contributed by atoms with Crippen molar-refractivity contribution in [3.05, 3.63) is 48.1 Å². The lowest BCUT2D eigenvalue weighted by molar-refractivity contribution is -0.144. The molecule has 0 aliphatic carbocycles. The van der Waals surface area contributed by atoms with E-state index in [0.29, 0.717) is 24.5 Å². The van der Waals surface area contributed by atoms with Crippen molar-refractivity contribution in [2.24, 2.45) is 0 Å². The second-order valence-electron chi connectivity index (χ2n) is 3.97. The van der Waals surface area contributed by atoms with E-state index in [4.69, 9.17) is 0 Å². The minimum absolute atomic E-state index is 0.363. The molecule has 2 aromatic rings. The lowest BCUT2D eigenvalue weighted by atomic mass is 10.3. The van der Waals surface area contributed by atoms with Crippen LogP contribution in [0.1, 0.15) is 5.82 Å². The molecule has 0 bridgehead atoms. The monoisotopic (exact) mass is 339 g/mol. The van der Waals surface area contributed by atoms with Gasteiger partial charge >= 0.3 is 6.18 Å². The minimum Gasteiger partial charge on any atom is -0.276 e. The molecule has 2 rings (SSSR count). The Hall–Kier alpha value is -2.30. The molecule has 0 aliphatic rings. The molecule has 0 atom stereocenters. The Morgan fingerprint density at radius 2 is 1.59 bits per heavy atom. The van der Waals surface area contributed by atoms with E-state index in [0.717, 1.165) is 6.07 Å². The van der Waals surface area contributed by atoms with Crippen molar-refractivity contribution in [1.82, 2.24) is 9.97 Å². The molecule has 0 spiro atoms. The maximum Gasteiger partial charge on any atom is 0.451 e. The molecule has 0 radical (unpaired) electrons. The molecule has 1 heterocycles. The van der Waals surface area contributed by atoms with Gasteiger partial charge in [0.05, 0.1) is 23.0 Å². The summed E-state index contributed by atoms with van der Waals surface area (Å²) in [5.41, 5.74) is -0.363. The molecular formula is C11H6F5N3O2S. The van der Waals surface area contributed by atoms with Gasteiger partial charge in [0.25, 0.3) is 10.0 Å². The van der Waals surface area contributed by atoms with Gasteiger partial charge in [0, 0.05) is 0 Å². The molecule has 0 saturated carbocycles. The van der Waals surface area contributed by atoms with Crippen molar-refractivity contribution in [1.29, 1.82) is 0 Å². The van der Waals surface area contributed by atoms with Gasteiger partial charge in [0.1, 0.15) is 0 Å². The van der Waals surface area contributed by atoms with Crippen LogP contribution in [-0.4, -0.2) is 18.4 Å². The summed E-state index contributed by atoms with van der Waals surface area (Å²) in [7, 11) is -4.32. The molecule has 118 valence electrons. The molecule has 0 aliphatic heterocycles. The smallest absolute Gasteiger partial charge is 0.276 e. The summed E-state index contributed by atoms with van der Waals surface area (Å²) in [5.74, 6) is -4.06. The Balaban J connectivity index is 2.27. The molecule has 11 heteroatoms. The molecule has 0 unspecified atom stereocenters. The number of hydrogen-bond acceptors (Lipinski definition) is 4. The van der Waals surface area contributed by atoms with Crippen LogP contribution in [0.3, 0.4) is 0 Å². The first-order chi connectivity index (χ1) is 10.1. The summed E-state index contributed by atoms with van der Waals surface area (Å²) in [6.45, 7) is 0. The van der Waals surface area contributed by atoms with Crippen molar-refractivity contribution in [3.8, 4) is 0 Å². The highest BCUT2D eigenvalue weighted by atomic mass is 32.2. The number of benzene rings is 1. The third-order valence-corrected chi connectivity index (χ3v) is 3.74. The largest absolute Gasteiger partial charge is 0.451 e. The van der Waals surface area contributed by atoms with Crippen LogP contribution in [-0.2, 0) is 16.2 Å². The topological polar surface area (TPSA) is 72.0 Å². The van der Waals surface area contributed by atoms with Gasteiger partial charge in [-0.25, -0.2) is 27.2 Å². The summed E-state index contributed by atoms with van der Waals surface area (Å²) < 4.78 is 88.1. The van der Waals surface area contributed by atoms with Crippen molar-refractivity contribution < 1.29 is 30.4 Å². The summed E-state index contributed by atoms with van der Waals surface area (Å²) in [5, 5.41) is 0. The van der Waals surface area contributed by atoms with E-state index < -0.39 is 38.6 Å². The van der Waals surface area contributed by atoms with E-state index in [9.17, 15) is 30.4 Å². The maximum atomic E-state index is 13.0. The molecule has 22 heavy (non-hydrogen) atoms. The maximum absolute atomic E-state index is 13.0. The van der Waals surface area contributed by atoms with Crippen LogP contribution in [0.5, 0.6) is 0 Å². The number of halogens is 5. The van der Waals surface area contributed by atoms with Crippen LogP contribution < -0.4 is 4.72 Å². The number of alkyl halides is 3. The summed E-state index contributed by atoms with van der Waals surface area (Å²) in [6.07, 6.45) is -3.56. The highest BCUT2D eigenvalue weighted by Crippen LogP contribution is 2.26. The van der Waals surface area contributed by atoms with Gasteiger partial charge in [-0.1, -0.05) is 0 Å². The van der Waals surface area contributed by atoms with E-state index in [-0.39, 0.29) is 5.69 Å². The quantitative estimate of drug-likeness (QED) is 0.873. The van der Waals surface area contributed by atoms with E-state index in [1.54, 1.807) is 0 Å². The molecular weight excluding hydrogens is 333 g/mol. The Morgan fingerprint density at radius 3 is 2.09 bits per heavy atom. The molecule has 1 N–H and O–H groups in total. The predicted octanol–water partition coefficient (Wildman–Crippen LogP) is 2.57. The highest BCUT2D eigenvalue weighted by Gasteiger charge is 2.34. The Morgan fingerprint density at radius 1 is 1.00 bits per heavy atom. The van der Waals surface area contributed by atoms with Crippen molar-refractivity contribution in [2.75, 3.05) is 4.72 Å². The Labute approximate surface area is 120 Å². The number of hydrogen-bond donors (Lipinski definition) is 1. The second kappa shape index (κ2) is 5.48. The SMILES string of the molecule is O=S(=O)(Nc1cnc(C(F)(F)F)nc1)c1ccc(F)c(F)c1. The van der Waals surface area contributed by atoms with Crippen molar-refractivity contribution in [3.63, 3.8) is 0 Å². The first-order valence-corrected chi connectivity index (χ1v) is 6.95. The summed E-state index contributed by atoms with van der Waals surface area (Å²) in [6, 6.07) is 1.83. The van der Waals surface area contributed by atoms with E-state index in [2.05, 4.69) is 9.97 Å². The summed E-state index contributed by atoms with van der Waals surface area (Å²) in [4.78, 5) is 5.32. The Kier molecular flexibility index (Phi) is 4.00. The van der Waals surface area contributed by atoms with Gasteiger partial charge < -0.3 is 0 Å². The first kappa shape index (κ1) is 16.1. The van der Waals surface area contributed by atoms with Gasteiger partial charge in [-0.15, -0.1) is 0 Å². The molecule has 0 saturated heterocycles. The average molecular weight is 339 g/mol. The zero-order valence-electron chi connectivity index (χ0n) is 10.4. The predicted molar refractivity (Wildman–Crippen MR) is 64.2 cm³/mol. The third-order valence-electron chi connectivity index (χ3n) is 2.36. The van der Waals surface area contributed by atoms with Crippen LogP contribution >= 0.6 is 0 Å². The zero-order valence-corrected chi connectivity index (χ0v) is 11.2. The summed E-state index contributed by atoms with van der Waals surface area (Å²) >= 11 is 0. The number of nitrogens with zero attached hydrogens (tertiary/aromatic N) is 2. The van der Waals surface area contributed by atoms with Gasteiger partial charge in [0.15, 0.2) is 11.6 Å². The standard InChI is InChI=1S/C11H6F5N3O2S/c12-8-2-1-7(3-9(8)13)22(20,21)19-6-4-17-10(18-5-6)11(14,15)16/h1-5,19H. The second-order valence-corrected chi connectivity index (χ2v) is 5.66. The number of aromatic nitrogens is 2. The lowest BCUT2D eigenvalue weighted by Gasteiger charge is -2.09. The fourth-order valence-electron chi connectivity index (χ4n) is 1.39. The fourth-order valence-corrected chi connectivity index (χ4v) is 2.42. The first-order valence-electron chi connectivity index (χ1n) is 5.47. The Bertz CT molecular complexity index is 790. The van der Waals surface area contributed by atoms with Crippen LogP contribution in [0.4, 0.5) is 27.6 Å². The van der Waals surface area contributed by atoms with Gasteiger partial charge in [-0.3, -0.25) is 4.72 Å². The van der Waals surface area contributed by atoms with Crippen LogP contribution in [0, 0.1) is 11.6 Å². The third kappa shape index (κ3) is 3.47. The minimum atomic E-state index is -4.77. The van der Waals surface area contributed by atoms with E-state index >= 15 is 0 Å². The van der Waals surface area contributed by atoms with Gasteiger partial charge in [0.2, 0.25) is 5.82 Å². The molecule has 1 aromatic carbocycles. The van der Waals surface area contributed by atoms with Crippen LogP contribution in [0.2, 0.25) is 0 Å². The number of sulfonamides is 1. The molecule has 0 amide bonds. The van der Waals surface area contributed by atoms with E-state index in [1.807, 2.05) is 4.72 Å². The van der Waals surface area contributed by atoms with Gasteiger partial charge in [-0.2, -0.15) is 13.2 Å². The van der Waals surface area contributed by atoms with Crippen LogP contribution in [0.15, 0.2) is 35.5 Å². The van der Waals surface area contributed by atoms with Crippen molar-refractivity contribution >= 4 is 15.7 Å². The molecule has 0 fully saturated rings. The normalized spacial score (nSPS) is 12.2. The number of rotatable bonds is 3. The highest BCUT2D eigenvalue weighted by molar-refractivity contribution is 7.92. The van der Waals surface area contributed by atoms with Gasteiger partial charge in [-0.05, 0) is 18.2 Å². The van der Waals surface area contributed by atoms with E-state index in [1.165, 1.54) is 0 Å². The lowest BCUT2D eigenvalue weighted by Crippen LogP contribution is -2.15. The number of anilines is 1. The zero-order chi connectivity index (χ0) is 16.5. The average Bonchev–Trinajstić information content (AvgIpc) is 2.41. The molecule has 5 nitrogen and oxygen atoms in total. The van der Waals surface area contributed by atoms with Crippen LogP contribution in [0.25, 0.3) is 0 Å². The van der Waals surface area contributed by atoms with Crippen molar-refractivity contribution in [2.45, 2.75) is 11.1 Å².